The summed E-state index contributed by atoms with van der Waals surface area (Å²) in [5.74, 6) is 1.59. The molecule has 33 heavy (non-hydrogen) atoms. The van der Waals surface area contributed by atoms with Crippen molar-refractivity contribution < 1.29 is 4.39 Å². The molecule has 1 aliphatic carbocycles. The van der Waals surface area contributed by atoms with Crippen molar-refractivity contribution in [3.63, 3.8) is 0 Å². The molecule has 2 aromatic carbocycles. The van der Waals surface area contributed by atoms with Crippen LogP contribution in [0.15, 0.2) is 48.7 Å². The number of anilines is 1. The number of nitrogens with one attached hydrogen (secondary N) is 1. The molecule has 0 unspecified atom stereocenters. The lowest BCUT2D eigenvalue weighted by molar-refractivity contribution is 0.302. The van der Waals surface area contributed by atoms with Gasteiger partial charge in [-0.1, -0.05) is 17.7 Å². The molecule has 2 aromatic heterocycles. The van der Waals surface area contributed by atoms with Crippen molar-refractivity contribution in [1.29, 1.82) is 0 Å². The molecule has 0 bridgehead atoms. The Labute approximate surface area is 202 Å². The van der Waals surface area contributed by atoms with E-state index in [9.17, 15) is 4.39 Å². The number of halogens is 3. The highest BCUT2D eigenvalue weighted by Crippen LogP contribution is 2.40. The van der Waals surface area contributed by atoms with Crippen LogP contribution in [-0.2, 0) is 0 Å². The SMILES string of the molecule is C[C@H](CC1CCC(c2ccnc3ccc(F)cc23)CC1)Nc1nc(Cl)nc2c(Cl)cccc12. The van der Waals surface area contributed by atoms with Gasteiger partial charge in [0.15, 0.2) is 0 Å². The summed E-state index contributed by atoms with van der Waals surface area (Å²) in [7, 11) is 0. The lowest BCUT2D eigenvalue weighted by Gasteiger charge is -2.31. The number of para-hydroxylation sites is 1. The van der Waals surface area contributed by atoms with Crippen molar-refractivity contribution in [1.82, 2.24) is 15.0 Å². The highest BCUT2D eigenvalue weighted by molar-refractivity contribution is 6.36. The first kappa shape index (κ1) is 22.3. The zero-order valence-corrected chi connectivity index (χ0v) is 19.9. The van der Waals surface area contributed by atoms with E-state index < -0.39 is 0 Å². The number of rotatable bonds is 5. The molecule has 1 N–H and O–H groups in total. The Hall–Kier alpha value is -2.50. The average Bonchev–Trinajstić information content (AvgIpc) is 2.80. The van der Waals surface area contributed by atoms with Gasteiger partial charge in [-0.15, -0.1) is 0 Å². The topological polar surface area (TPSA) is 50.7 Å². The zero-order valence-electron chi connectivity index (χ0n) is 18.4. The van der Waals surface area contributed by atoms with Gasteiger partial charge >= 0.3 is 0 Å². The van der Waals surface area contributed by atoms with E-state index in [1.807, 2.05) is 18.3 Å². The van der Waals surface area contributed by atoms with E-state index in [0.717, 1.165) is 54.2 Å². The van der Waals surface area contributed by atoms with Crippen LogP contribution in [0.25, 0.3) is 21.8 Å². The van der Waals surface area contributed by atoms with Crippen LogP contribution in [0.1, 0.15) is 50.5 Å². The van der Waals surface area contributed by atoms with E-state index in [0.29, 0.717) is 22.4 Å². The number of hydrogen-bond donors (Lipinski definition) is 1. The molecule has 1 atom stereocenters. The van der Waals surface area contributed by atoms with Crippen molar-refractivity contribution in [3.05, 3.63) is 70.3 Å². The van der Waals surface area contributed by atoms with Gasteiger partial charge in [-0.25, -0.2) is 14.4 Å². The quantitative estimate of drug-likeness (QED) is 0.295. The predicted octanol–water partition coefficient (Wildman–Crippen LogP) is 7.79. The smallest absolute Gasteiger partial charge is 0.224 e. The van der Waals surface area contributed by atoms with E-state index in [4.69, 9.17) is 23.2 Å². The molecule has 5 rings (SSSR count). The fourth-order valence-electron chi connectivity index (χ4n) is 5.20. The minimum Gasteiger partial charge on any atom is -0.367 e. The first-order valence-corrected chi connectivity index (χ1v) is 12.2. The van der Waals surface area contributed by atoms with E-state index >= 15 is 0 Å². The van der Waals surface area contributed by atoms with Crippen LogP contribution < -0.4 is 5.32 Å². The summed E-state index contributed by atoms with van der Waals surface area (Å²) in [4.78, 5) is 13.1. The zero-order chi connectivity index (χ0) is 22.9. The number of fused-ring (bicyclic) bond motifs is 2. The summed E-state index contributed by atoms with van der Waals surface area (Å²) in [5.41, 5.74) is 2.75. The largest absolute Gasteiger partial charge is 0.367 e. The Morgan fingerprint density at radius 2 is 1.85 bits per heavy atom. The van der Waals surface area contributed by atoms with Gasteiger partial charge in [0.2, 0.25) is 5.28 Å². The second kappa shape index (κ2) is 9.40. The number of nitrogens with zero attached hydrogens (tertiary/aromatic N) is 3. The molecule has 1 saturated carbocycles. The molecule has 1 aliphatic rings. The Morgan fingerprint density at radius 1 is 1.03 bits per heavy atom. The Balaban J connectivity index is 1.25. The summed E-state index contributed by atoms with van der Waals surface area (Å²) in [6, 6.07) is 12.8. The molecule has 2 heterocycles. The normalized spacial score (nSPS) is 19.6. The molecule has 4 aromatic rings. The van der Waals surface area contributed by atoms with Gasteiger partial charge < -0.3 is 5.32 Å². The lowest BCUT2D eigenvalue weighted by Crippen LogP contribution is -2.23. The van der Waals surface area contributed by atoms with Crippen LogP contribution in [0, 0.1) is 11.7 Å². The Morgan fingerprint density at radius 3 is 2.67 bits per heavy atom. The predicted molar refractivity (Wildman–Crippen MR) is 134 cm³/mol. The molecule has 0 aliphatic heterocycles. The standard InChI is InChI=1S/C26H25Cl2FN4/c1-15(31-25-20-3-2-4-22(27)24(20)32-26(28)33-25)13-16-5-7-17(8-6-16)19-11-12-30-23-10-9-18(29)14-21(19)23/h2-4,9-12,14-17H,5-8,13H2,1H3,(H,31,32,33)/t15-,16?,17?/m1/s1. The molecule has 0 saturated heterocycles. The summed E-state index contributed by atoms with van der Waals surface area (Å²) < 4.78 is 13.9. The average molecular weight is 483 g/mol. The summed E-state index contributed by atoms with van der Waals surface area (Å²) in [5, 5.41) is 6.10. The van der Waals surface area contributed by atoms with Gasteiger partial charge in [0, 0.05) is 23.0 Å². The van der Waals surface area contributed by atoms with E-state index in [-0.39, 0.29) is 17.1 Å². The van der Waals surface area contributed by atoms with Crippen LogP contribution in [-0.4, -0.2) is 21.0 Å². The minimum absolute atomic E-state index is 0.187. The summed E-state index contributed by atoms with van der Waals surface area (Å²) in [6.07, 6.45) is 7.38. The van der Waals surface area contributed by atoms with E-state index in [1.54, 1.807) is 18.2 Å². The van der Waals surface area contributed by atoms with Gasteiger partial charge in [0.05, 0.1) is 16.1 Å². The van der Waals surface area contributed by atoms with Crippen molar-refractivity contribution in [2.75, 3.05) is 5.32 Å². The van der Waals surface area contributed by atoms with Crippen molar-refractivity contribution in [2.45, 2.75) is 51.0 Å². The minimum atomic E-state index is -0.205. The van der Waals surface area contributed by atoms with Crippen molar-refractivity contribution in [2.24, 2.45) is 5.92 Å². The van der Waals surface area contributed by atoms with Gasteiger partial charge in [0.25, 0.3) is 0 Å². The molecule has 170 valence electrons. The highest BCUT2D eigenvalue weighted by atomic mass is 35.5. The number of benzene rings is 2. The number of pyridine rings is 1. The Kier molecular flexibility index (Phi) is 6.35. The third-order valence-electron chi connectivity index (χ3n) is 6.74. The molecule has 0 spiro atoms. The molecular weight excluding hydrogens is 458 g/mol. The summed E-state index contributed by atoms with van der Waals surface area (Å²) >= 11 is 12.4. The van der Waals surface area contributed by atoms with Crippen LogP contribution in [0.3, 0.4) is 0 Å². The van der Waals surface area contributed by atoms with Crippen molar-refractivity contribution in [3.8, 4) is 0 Å². The Bertz CT molecular complexity index is 1300. The fraction of sp³-hybridized carbons (Fsp3) is 0.346. The van der Waals surface area contributed by atoms with Gasteiger partial charge in [-0.3, -0.25) is 4.98 Å². The second-order valence-corrected chi connectivity index (χ2v) is 9.78. The lowest BCUT2D eigenvalue weighted by atomic mass is 9.76. The third kappa shape index (κ3) is 4.75. The molecular formula is C26H25Cl2FN4. The monoisotopic (exact) mass is 482 g/mol. The second-order valence-electron chi connectivity index (χ2n) is 9.04. The van der Waals surface area contributed by atoms with Crippen LogP contribution in [0.2, 0.25) is 10.3 Å². The first-order valence-electron chi connectivity index (χ1n) is 11.4. The van der Waals surface area contributed by atoms with Crippen LogP contribution in [0.5, 0.6) is 0 Å². The summed E-state index contributed by atoms with van der Waals surface area (Å²) in [6.45, 7) is 2.18. The van der Waals surface area contributed by atoms with E-state index in [2.05, 4.69) is 33.3 Å². The van der Waals surface area contributed by atoms with Gasteiger partial charge in [-0.2, -0.15) is 0 Å². The van der Waals surface area contributed by atoms with Gasteiger partial charge in [-0.05, 0) is 104 Å². The maximum absolute atomic E-state index is 13.9. The highest BCUT2D eigenvalue weighted by Gasteiger charge is 2.25. The van der Waals surface area contributed by atoms with Crippen molar-refractivity contribution >= 4 is 50.8 Å². The van der Waals surface area contributed by atoms with E-state index in [1.165, 1.54) is 11.6 Å². The molecule has 1 fully saturated rings. The van der Waals surface area contributed by atoms with Gasteiger partial charge in [0.1, 0.15) is 11.6 Å². The maximum Gasteiger partial charge on any atom is 0.224 e. The fourth-order valence-corrected chi connectivity index (χ4v) is 5.58. The molecule has 0 radical (unpaired) electrons. The number of hydrogen-bond acceptors (Lipinski definition) is 4. The first-order chi connectivity index (χ1) is 16.0. The number of aromatic nitrogens is 3. The van der Waals surface area contributed by atoms with Crippen LogP contribution in [0.4, 0.5) is 10.2 Å². The molecule has 0 amide bonds. The molecule has 7 heteroatoms. The van der Waals surface area contributed by atoms with Crippen LogP contribution >= 0.6 is 23.2 Å². The maximum atomic E-state index is 13.9. The molecule has 4 nitrogen and oxygen atoms in total. The third-order valence-corrected chi connectivity index (χ3v) is 7.22.